The third-order valence-electron chi connectivity index (χ3n) is 7.49. The van der Waals surface area contributed by atoms with Crippen LogP contribution >= 0.6 is 0 Å². The molecule has 4 aromatic carbocycles. The number of amides is 2. The molecule has 0 aliphatic rings. The number of nitrogens with zero attached hydrogens (tertiary/aromatic N) is 1. The molecule has 12 nitrogen and oxygen atoms in total. The van der Waals surface area contributed by atoms with E-state index >= 15 is 0 Å². The highest BCUT2D eigenvalue weighted by Crippen LogP contribution is 2.37. The highest BCUT2D eigenvalue weighted by molar-refractivity contribution is 6.40. The number of aliphatic carboxylic acids is 1. The van der Waals surface area contributed by atoms with Crippen molar-refractivity contribution in [2.75, 3.05) is 25.2 Å². The van der Waals surface area contributed by atoms with Crippen molar-refractivity contribution in [1.82, 2.24) is 5.32 Å². The number of carboxylic acid groups (broad SMARTS) is 2. The molecule has 4 aromatic rings. The van der Waals surface area contributed by atoms with Crippen molar-refractivity contribution < 1.29 is 48.8 Å². The topological polar surface area (TPSA) is 180 Å². The maximum Gasteiger partial charge on any atom is 0.395 e. The number of carbonyl (C=O) groups excluding carboxylic acids is 3. The van der Waals surface area contributed by atoms with Crippen LogP contribution < -0.4 is 15.0 Å². The number of benzene rings is 4. The summed E-state index contributed by atoms with van der Waals surface area (Å²) in [7, 11) is 1.21. The number of carbonyl (C=O) groups is 5. The summed E-state index contributed by atoms with van der Waals surface area (Å²) in [5, 5.41) is 33.4. The average Bonchev–Trinajstić information content (AvgIpc) is 3.06. The fourth-order valence-electron chi connectivity index (χ4n) is 5.18. The van der Waals surface area contributed by atoms with E-state index < -0.39 is 29.7 Å². The Kier molecular flexibility index (Phi) is 11.1. The van der Waals surface area contributed by atoms with Crippen LogP contribution in [-0.2, 0) is 25.5 Å². The number of rotatable bonds is 13. The van der Waals surface area contributed by atoms with Crippen LogP contribution in [0.3, 0.4) is 0 Å². The standard InChI is InChI=1S/C35H34N2O10/c1-21(31(39)36-18-7-8-19-47-29-15-9-14-28(38)30(29)35(45)46-2)20-22-16-17-27(24-11-4-3-10-23(22)24)37(32(40)34(43)44)26-13-6-5-12-25(26)33(41)42/h3-6,9-17,21,38H,7-8,18-20H2,1-2H3,(H,36,39)(H,41,42)(H,43,44). The molecule has 0 heterocycles. The molecule has 0 aliphatic heterocycles. The lowest BCUT2D eigenvalue weighted by atomic mass is 9.94. The van der Waals surface area contributed by atoms with Gasteiger partial charge in [-0.2, -0.15) is 0 Å². The molecule has 0 spiro atoms. The zero-order valence-electron chi connectivity index (χ0n) is 25.8. The van der Waals surface area contributed by atoms with E-state index in [-0.39, 0.29) is 46.5 Å². The normalized spacial score (nSPS) is 11.4. The van der Waals surface area contributed by atoms with Crippen LogP contribution in [0.5, 0.6) is 11.5 Å². The minimum atomic E-state index is -1.75. The largest absolute Gasteiger partial charge is 0.507 e. The highest BCUT2D eigenvalue weighted by atomic mass is 16.5. The number of phenols is 1. The molecule has 0 aromatic heterocycles. The summed E-state index contributed by atoms with van der Waals surface area (Å²) in [4.78, 5) is 62.6. The van der Waals surface area contributed by atoms with Gasteiger partial charge in [0.2, 0.25) is 5.91 Å². The van der Waals surface area contributed by atoms with Gasteiger partial charge in [-0.25, -0.2) is 14.4 Å². The molecule has 244 valence electrons. The van der Waals surface area contributed by atoms with Crippen LogP contribution in [0.4, 0.5) is 11.4 Å². The highest BCUT2D eigenvalue weighted by Gasteiger charge is 2.29. The van der Waals surface area contributed by atoms with E-state index in [1.54, 1.807) is 55.5 Å². The molecule has 0 saturated carbocycles. The SMILES string of the molecule is COC(=O)c1c(O)cccc1OCCCCNC(=O)C(C)Cc1ccc(N(C(=O)C(=O)O)c2ccccc2C(=O)O)c2ccccc12. The Labute approximate surface area is 270 Å². The number of para-hydroxylation sites is 1. The number of hydrogen-bond acceptors (Lipinski definition) is 8. The number of aromatic carboxylic acids is 1. The summed E-state index contributed by atoms with van der Waals surface area (Å²) < 4.78 is 10.4. The minimum Gasteiger partial charge on any atom is -0.507 e. The van der Waals surface area contributed by atoms with E-state index in [9.17, 15) is 39.3 Å². The zero-order valence-corrected chi connectivity index (χ0v) is 25.8. The van der Waals surface area contributed by atoms with Crippen molar-refractivity contribution in [1.29, 1.82) is 0 Å². The van der Waals surface area contributed by atoms with Gasteiger partial charge in [0.15, 0.2) is 0 Å². The maximum absolute atomic E-state index is 13.0. The first kappa shape index (κ1) is 34.0. The predicted molar refractivity (Wildman–Crippen MR) is 172 cm³/mol. The second-order valence-corrected chi connectivity index (χ2v) is 10.7. The smallest absolute Gasteiger partial charge is 0.395 e. The van der Waals surface area contributed by atoms with Gasteiger partial charge < -0.3 is 30.1 Å². The Balaban J connectivity index is 1.43. The minimum absolute atomic E-state index is 0.0519. The molecular formula is C35H34N2O10. The lowest BCUT2D eigenvalue weighted by Crippen LogP contribution is -2.34. The Morgan fingerprint density at radius 1 is 0.830 bits per heavy atom. The number of hydrogen-bond donors (Lipinski definition) is 4. The summed E-state index contributed by atoms with van der Waals surface area (Å²) in [6.45, 7) is 2.40. The van der Waals surface area contributed by atoms with E-state index in [0.717, 1.165) is 10.5 Å². The van der Waals surface area contributed by atoms with Crippen LogP contribution in [-0.4, -0.2) is 65.3 Å². The zero-order chi connectivity index (χ0) is 34.1. The van der Waals surface area contributed by atoms with Gasteiger partial charge in [0.25, 0.3) is 0 Å². The number of methoxy groups -OCH3 is 1. The fourth-order valence-corrected chi connectivity index (χ4v) is 5.18. The van der Waals surface area contributed by atoms with Crippen molar-refractivity contribution in [3.63, 3.8) is 0 Å². The first-order valence-electron chi connectivity index (χ1n) is 14.8. The van der Waals surface area contributed by atoms with Gasteiger partial charge in [0, 0.05) is 17.8 Å². The number of esters is 1. The van der Waals surface area contributed by atoms with Gasteiger partial charge >= 0.3 is 23.8 Å². The van der Waals surface area contributed by atoms with Crippen LogP contribution in [0, 0.1) is 5.92 Å². The lowest BCUT2D eigenvalue weighted by Gasteiger charge is -2.25. The van der Waals surface area contributed by atoms with Crippen molar-refractivity contribution in [2.24, 2.45) is 5.92 Å². The second-order valence-electron chi connectivity index (χ2n) is 10.7. The Morgan fingerprint density at radius 2 is 1.53 bits per heavy atom. The molecule has 0 aliphatic carbocycles. The Morgan fingerprint density at radius 3 is 2.23 bits per heavy atom. The molecule has 0 fully saturated rings. The molecule has 0 bridgehead atoms. The number of carboxylic acids is 2. The van der Waals surface area contributed by atoms with Crippen molar-refractivity contribution >= 4 is 51.9 Å². The van der Waals surface area contributed by atoms with Gasteiger partial charge in [-0.3, -0.25) is 14.5 Å². The van der Waals surface area contributed by atoms with Gasteiger partial charge in [-0.15, -0.1) is 0 Å². The monoisotopic (exact) mass is 642 g/mol. The molecule has 12 heteroatoms. The van der Waals surface area contributed by atoms with E-state index in [1.165, 1.54) is 37.4 Å². The molecule has 1 unspecified atom stereocenters. The molecule has 0 radical (unpaired) electrons. The van der Waals surface area contributed by atoms with E-state index in [1.807, 2.05) is 0 Å². The number of phenolic OH excluding ortho intramolecular Hbond substituents is 1. The molecule has 0 saturated heterocycles. The van der Waals surface area contributed by atoms with Crippen molar-refractivity contribution in [3.8, 4) is 11.5 Å². The van der Waals surface area contributed by atoms with Crippen LogP contribution in [0.15, 0.2) is 78.9 Å². The average molecular weight is 643 g/mol. The Hall–Kier alpha value is -5.91. The number of anilines is 2. The summed E-state index contributed by atoms with van der Waals surface area (Å²) in [6, 6.07) is 20.4. The first-order valence-corrected chi connectivity index (χ1v) is 14.8. The van der Waals surface area contributed by atoms with E-state index in [2.05, 4.69) is 5.32 Å². The van der Waals surface area contributed by atoms with Gasteiger partial charge in [-0.05, 0) is 60.5 Å². The quantitative estimate of drug-likeness (QED) is 0.0887. The number of aromatic hydroxyl groups is 1. The molecule has 4 rings (SSSR count). The number of unbranched alkanes of at least 4 members (excludes halogenated alkanes) is 1. The van der Waals surface area contributed by atoms with Crippen LogP contribution in [0.25, 0.3) is 10.8 Å². The predicted octanol–water partition coefficient (Wildman–Crippen LogP) is 4.93. The first-order chi connectivity index (χ1) is 22.5. The fraction of sp³-hybridized carbons (Fsp3) is 0.229. The van der Waals surface area contributed by atoms with Gasteiger partial charge in [-0.1, -0.05) is 55.5 Å². The molecule has 2 amide bonds. The lowest BCUT2D eigenvalue weighted by molar-refractivity contribution is -0.148. The maximum atomic E-state index is 13.0. The van der Waals surface area contributed by atoms with Crippen molar-refractivity contribution in [2.45, 2.75) is 26.2 Å². The summed E-state index contributed by atoms with van der Waals surface area (Å²) in [5.41, 5.74) is 0.590. The van der Waals surface area contributed by atoms with Gasteiger partial charge in [0.1, 0.15) is 17.1 Å². The molecular weight excluding hydrogens is 608 g/mol. The molecule has 1 atom stereocenters. The summed E-state index contributed by atoms with van der Waals surface area (Å²) in [6.07, 6.45) is 1.49. The third-order valence-corrected chi connectivity index (χ3v) is 7.49. The number of fused-ring (bicyclic) bond motifs is 1. The number of nitrogens with one attached hydrogen (secondary N) is 1. The molecule has 47 heavy (non-hydrogen) atoms. The third kappa shape index (κ3) is 7.85. The van der Waals surface area contributed by atoms with E-state index in [4.69, 9.17) is 9.47 Å². The molecule has 4 N–H and O–H groups in total. The second kappa shape index (κ2) is 15.4. The Bertz CT molecular complexity index is 1820. The van der Waals surface area contributed by atoms with Gasteiger partial charge in [0.05, 0.1) is 30.7 Å². The van der Waals surface area contributed by atoms with Crippen molar-refractivity contribution in [3.05, 3.63) is 95.6 Å². The summed E-state index contributed by atoms with van der Waals surface area (Å²) >= 11 is 0. The van der Waals surface area contributed by atoms with E-state index in [0.29, 0.717) is 36.6 Å². The van der Waals surface area contributed by atoms with Crippen LogP contribution in [0.2, 0.25) is 0 Å². The summed E-state index contributed by atoms with van der Waals surface area (Å²) in [5.74, 6) is -5.77. The number of ether oxygens (including phenoxy) is 2. The van der Waals surface area contributed by atoms with Crippen LogP contribution in [0.1, 0.15) is 46.0 Å².